The van der Waals surface area contributed by atoms with Crippen LogP contribution in [0.15, 0.2) is 33.7 Å². The molecule has 0 bridgehead atoms. The van der Waals surface area contributed by atoms with Crippen molar-refractivity contribution in [2.75, 3.05) is 12.3 Å². The van der Waals surface area contributed by atoms with Crippen LogP contribution in [0.2, 0.25) is 0 Å². The maximum atomic E-state index is 13.5. The summed E-state index contributed by atoms with van der Waals surface area (Å²) in [6, 6.07) is 3.64. The van der Waals surface area contributed by atoms with E-state index in [0.29, 0.717) is 42.1 Å². The second-order valence-electron chi connectivity index (χ2n) is 13.0. The number of anilines is 1. The average Bonchev–Trinajstić information content (AvgIpc) is 3.33. The first-order chi connectivity index (χ1) is 23.3. The van der Waals surface area contributed by atoms with E-state index in [9.17, 15) is 33.0 Å². The number of fused-ring (bicyclic) bond motifs is 1. The van der Waals surface area contributed by atoms with Gasteiger partial charge >= 0.3 is 16.4 Å². The minimum absolute atomic E-state index is 0.0489. The van der Waals surface area contributed by atoms with Crippen LogP contribution in [0, 0.1) is 0 Å². The number of carbonyl (C=O) groups is 3. The van der Waals surface area contributed by atoms with E-state index in [0.717, 1.165) is 16.9 Å². The number of benzene rings is 1. The number of rotatable bonds is 12. The number of carboxylic acids is 1. The van der Waals surface area contributed by atoms with E-state index in [1.165, 1.54) is 26.2 Å². The zero-order valence-electron chi connectivity index (χ0n) is 27.2. The molecule has 3 aliphatic rings. The minimum atomic E-state index is -5.04. The molecule has 0 spiro atoms. The highest BCUT2D eigenvalue weighted by molar-refractivity contribution is 7.80. The molecule has 1 aromatic carbocycles. The molecule has 1 aliphatic carbocycles. The number of nitrogens with one attached hydrogen (secondary N) is 1. The van der Waals surface area contributed by atoms with Crippen LogP contribution in [0.25, 0.3) is 0 Å². The van der Waals surface area contributed by atoms with Crippen LogP contribution in [0.4, 0.5) is 5.13 Å². The molecule has 0 radical (unpaired) electrons. The fourth-order valence-corrected chi connectivity index (χ4v) is 6.87. The molecule has 0 unspecified atom stereocenters. The molecular weight excluding hydrogens is 700 g/mol. The molecule has 272 valence electrons. The lowest BCUT2D eigenvalue weighted by molar-refractivity contribution is -0.218. The topological polar surface area (TPSA) is 305 Å². The van der Waals surface area contributed by atoms with E-state index in [-0.39, 0.29) is 35.7 Å². The first kappa shape index (κ1) is 36.9. The molecule has 2 aliphatic heterocycles. The number of nitrogens with zero attached hydrogens (tertiary/aromatic N) is 4. The summed E-state index contributed by atoms with van der Waals surface area (Å²) < 4.78 is 41.9. The number of amidine groups is 1. The van der Waals surface area contributed by atoms with Gasteiger partial charge in [-0.1, -0.05) is 5.16 Å². The number of carbonyl (C=O) groups excluding carboxylic acids is 2. The molecular formula is C29H38N8O11S2. The van der Waals surface area contributed by atoms with Crippen LogP contribution in [-0.2, 0) is 40.3 Å². The van der Waals surface area contributed by atoms with Crippen molar-refractivity contribution in [3.63, 3.8) is 0 Å². The lowest BCUT2D eigenvalue weighted by Crippen LogP contribution is -2.76. The Bertz CT molecular complexity index is 1860. The number of carboxylic acid groups (broad SMARTS) is 1. The summed E-state index contributed by atoms with van der Waals surface area (Å²) in [5, 5.41) is 28.6. The minimum Gasteiger partial charge on any atom is -0.485 e. The number of nitrogens with two attached hydrogens (primary N) is 3. The number of oxime groups is 1. The largest absolute Gasteiger partial charge is 0.485 e. The van der Waals surface area contributed by atoms with Gasteiger partial charge in [-0.25, -0.2) is 9.78 Å². The van der Waals surface area contributed by atoms with Gasteiger partial charge in [0.05, 0.1) is 17.2 Å². The molecule has 50 heavy (non-hydrogen) atoms. The Hall–Kier alpha value is -4.41. The fraction of sp³-hybridized carbons (Fsp3) is 0.517. The second-order valence-corrected chi connectivity index (χ2v) is 14.9. The number of aliphatic carboxylic acids is 1. The van der Waals surface area contributed by atoms with Crippen molar-refractivity contribution < 1.29 is 51.4 Å². The molecule has 19 nitrogen and oxygen atoms in total. The lowest BCUT2D eigenvalue weighted by Gasteiger charge is -2.50. The van der Waals surface area contributed by atoms with Crippen molar-refractivity contribution in [2.24, 2.45) is 21.6 Å². The number of aryl methyl sites for hydroxylation is 1. The first-order valence-electron chi connectivity index (χ1n) is 15.3. The third kappa shape index (κ3) is 7.37. The summed E-state index contributed by atoms with van der Waals surface area (Å²) in [7, 11) is -5.04. The molecule has 1 saturated carbocycles. The zero-order chi connectivity index (χ0) is 36.8. The number of aliphatic hydroxyl groups is 1. The maximum Gasteiger partial charge on any atom is 0.418 e. The van der Waals surface area contributed by atoms with Gasteiger partial charge in [0.1, 0.15) is 23.3 Å². The molecule has 21 heteroatoms. The second kappa shape index (κ2) is 13.4. The molecule has 3 atom stereocenters. The van der Waals surface area contributed by atoms with Crippen LogP contribution < -0.4 is 27.3 Å². The Morgan fingerprint density at radius 3 is 2.58 bits per heavy atom. The Balaban J connectivity index is 1.36. The summed E-state index contributed by atoms with van der Waals surface area (Å²) in [4.78, 5) is 53.0. The maximum absolute atomic E-state index is 13.5. The molecule has 2 aromatic rings. The van der Waals surface area contributed by atoms with E-state index in [4.69, 9.17) is 31.3 Å². The van der Waals surface area contributed by atoms with Crippen LogP contribution >= 0.6 is 11.3 Å². The number of amides is 2. The van der Waals surface area contributed by atoms with Crippen LogP contribution in [0.1, 0.15) is 63.3 Å². The number of hydrogen-bond acceptors (Lipinski definition) is 15. The number of aromatic nitrogens is 1. The van der Waals surface area contributed by atoms with Crippen molar-refractivity contribution in [3.8, 4) is 5.75 Å². The number of hydroxylamine groups is 2. The number of aliphatic imine (C=N–C) groups is 1. The Morgan fingerprint density at radius 2 is 2.00 bits per heavy atom. The molecule has 2 amide bonds. The van der Waals surface area contributed by atoms with E-state index in [1.807, 2.05) is 6.07 Å². The zero-order valence-corrected chi connectivity index (χ0v) is 28.9. The first-order valence-corrected chi connectivity index (χ1v) is 17.6. The number of hydrogen-bond donors (Lipinski definition) is 7. The highest BCUT2D eigenvalue weighted by atomic mass is 32.3. The average molecular weight is 739 g/mol. The lowest BCUT2D eigenvalue weighted by atomic mass is 9.76. The predicted molar refractivity (Wildman–Crippen MR) is 177 cm³/mol. The SMILES string of the molecule is CC1(C)[C@H](NC(=O)/C(=N\O[C@](C)(C(=O)O)[C@H]2CCCc3cc(C(N)=NC4CC(O)(CN)C4)ccc3O2)c2csc(N)n2)C(=O)N1OS(=O)(=O)O. The van der Waals surface area contributed by atoms with Crippen molar-refractivity contribution >= 4 is 56.2 Å². The third-order valence-corrected chi connectivity index (χ3v) is 9.95. The highest BCUT2D eigenvalue weighted by Gasteiger charge is 2.58. The summed E-state index contributed by atoms with van der Waals surface area (Å²) in [5.74, 6) is -2.82. The van der Waals surface area contributed by atoms with Crippen molar-refractivity contribution in [1.82, 2.24) is 15.4 Å². The quantitative estimate of drug-likeness (QED) is 0.0473. The molecule has 1 saturated heterocycles. The van der Waals surface area contributed by atoms with Crippen LogP contribution in [0.5, 0.6) is 5.75 Å². The molecule has 1 aromatic heterocycles. The molecule has 2 fully saturated rings. The molecule has 3 heterocycles. The van der Waals surface area contributed by atoms with Crippen LogP contribution in [0.3, 0.4) is 0 Å². The number of ether oxygens (including phenoxy) is 1. The summed E-state index contributed by atoms with van der Waals surface area (Å²) >= 11 is 0.956. The predicted octanol–water partition coefficient (Wildman–Crippen LogP) is -0.529. The van der Waals surface area contributed by atoms with E-state index in [1.54, 1.807) is 12.1 Å². The van der Waals surface area contributed by atoms with Gasteiger partial charge in [0.15, 0.2) is 16.9 Å². The number of β-lactam (4-membered cyclic amide) rings is 1. The van der Waals surface area contributed by atoms with Crippen molar-refractivity contribution in [2.45, 2.75) is 87.8 Å². The molecule has 10 N–H and O–H groups in total. The third-order valence-electron chi connectivity index (χ3n) is 8.94. The number of thiazole rings is 1. The van der Waals surface area contributed by atoms with E-state index < -0.39 is 62.8 Å². The Labute approximate surface area is 290 Å². The van der Waals surface area contributed by atoms with Crippen molar-refractivity contribution in [1.29, 1.82) is 0 Å². The smallest absolute Gasteiger partial charge is 0.418 e. The van der Waals surface area contributed by atoms with Crippen LogP contribution in [-0.4, -0.2) is 104 Å². The van der Waals surface area contributed by atoms with E-state index >= 15 is 0 Å². The summed E-state index contributed by atoms with van der Waals surface area (Å²) in [6.45, 7) is 4.11. The van der Waals surface area contributed by atoms with Gasteiger partial charge in [-0.05, 0) is 76.6 Å². The highest BCUT2D eigenvalue weighted by Crippen LogP contribution is 2.36. The van der Waals surface area contributed by atoms with Gasteiger partial charge in [0.2, 0.25) is 0 Å². The van der Waals surface area contributed by atoms with Gasteiger partial charge in [-0.3, -0.25) is 19.1 Å². The fourth-order valence-electron chi connectivity index (χ4n) is 5.87. The summed E-state index contributed by atoms with van der Waals surface area (Å²) in [6.07, 6.45) is 0.932. The van der Waals surface area contributed by atoms with Gasteiger partial charge in [0, 0.05) is 17.5 Å². The van der Waals surface area contributed by atoms with Gasteiger partial charge in [0.25, 0.3) is 17.4 Å². The Kier molecular flexibility index (Phi) is 9.86. The number of nitrogen functional groups attached to an aromatic ring is 1. The van der Waals surface area contributed by atoms with Gasteiger partial charge in [-0.2, -0.15) is 13.5 Å². The summed E-state index contributed by atoms with van der Waals surface area (Å²) in [5.41, 5.74) is 13.9. The van der Waals surface area contributed by atoms with E-state index in [2.05, 4.69) is 24.7 Å². The monoisotopic (exact) mass is 738 g/mol. The van der Waals surface area contributed by atoms with Gasteiger partial charge in [-0.15, -0.1) is 15.6 Å². The van der Waals surface area contributed by atoms with Crippen molar-refractivity contribution in [3.05, 3.63) is 40.4 Å². The Morgan fingerprint density at radius 1 is 1.30 bits per heavy atom. The van der Waals surface area contributed by atoms with Gasteiger partial charge < -0.3 is 42.3 Å². The normalized spacial score (nSPS) is 26.3. The molecule has 5 rings (SSSR count). The standard InChI is InChI=1S/C29H38N8O11S2/c1-27(2)21(24(39)37(27)48-50(43,44)45)35-23(38)20(17-12-49-26(32)34-17)36-47-28(3,25(40)41)19-6-4-5-14-9-15(7-8-18(14)46-19)22(31)33-16-10-29(42,11-16)13-30/h7-9,12,16,19,21,42H,4-6,10-11,13,30H2,1-3H3,(H2,31,33)(H2,32,34)(H,35,38)(H,40,41)(H,43,44,45)/b36-20-/t16?,19-,21-,28+,29?/m1/s1.